The molecule has 1 aromatic carbocycles. The van der Waals surface area contributed by atoms with Crippen molar-refractivity contribution in [2.24, 2.45) is 0 Å². The molecule has 0 saturated carbocycles. The van der Waals surface area contributed by atoms with Crippen LogP contribution in [0.2, 0.25) is 0 Å². The first kappa shape index (κ1) is 14.3. The maximum atomic E-state index is 13.2. The molecule has 106 valence electrons. The third-order valence-corrected chi connectivity index (χ3v) is 2.51. The lowest BCUT2D eigenvalue weighted by Gasteiger charge is -2.07. The zero-order chi connectivity index (χ0) is 14.7. The van der Waals surface area contributed by atoms with Gasteiger partial charge in [0.15, 0.2) is 23.3 Å². The predicted molar refractivity (Wildman–Crippen MR) is 67.1 cm³/mol. The number of hydrogen-bond acceptors (Lipinski definition) is 4. The van der Waals surface area contributed by atoms with Gasteiger partial charge < -0.3 is 10.5 Å². The molecule has 0 bridgehead atoms. The lowest BCUT2D eigenvalue weighted by molar-refractivity contribution is 0.128. The van der Waals surface area contributed by atoms with Crippen LogP contribution in [0.3, 0.4) is 0 Å². The summed E-state index contributed by atoms with van der Waals surface area (Å²) in [6, 6.07) is 3.05. The van der Waals surface area contributed by atoms with Crippen LogP contribution >= 0.6 is 0 Å². The minimum Gasteiger partial charge on any atom is -0.384 e. The van der Waals surface area contributed by atoms with Crippen LogP contribution in [0.25, 0.3) is 11.3 Å². The van der Waals surface area contributed by atoms with Crippen LogP contribution < -0.4 is 5.73 Å². The van der Waals surface area contributed by atoms with Gasteiger partial charge >= 0.3 is 0 Å². The summed E-state index contributed by atoms with van der Waals surface area (Å²) in [5, 5.41) is 0. The molecule has 0 aliphatic rings. The van der Waals surface area contributed by atoms with Crippen LogP contribution in [0.5, 0.6) is 0 Å². The van der Waals surface area contributed by atoms with Gasteiger partial charge in [0.2, 0.25) is 0 Å². The van der Waals surface area contributed by atoms with Crippen molar-refractivity contribution in [1.29, 1.82) is 0 Å². The number of rotatable bonds is 4. The van der Waals surface area contributed by atoms with Crippen LogP contribution in [0, 0.1) is 17.5 Å². The Hall–Kier alpha value is -2.15. The molecule has 7 heteroatoms. The van der Waals surface area contributed by atoms with Gasteiger partial charge in [0.05, 0.1) is 5.69 Å². The molecule has 0 aliphatic carbocycles. The van der Waals surface area contributed by atoms with Gasteiger partial charge in [0, 0.05) is 18.2 Å². The maximum absolute atomic E-state index is 13.2. The van der Waals surface area contributed by atoms with Crippen LogP contribution in [-0.4, -0.2) is 16.6 Å². The van der Waals surface area contributed by atoms with Crippen molar-refractivity contribution in [1.82, 2.24) is 9.97 Å². The van der Waals surface area contributed by atoms with Gasteiger partial charge in [-0.2, -0.15) is 0 Å². The van der Waals surface area contributed by atoms with Gasteiger partial charge in [-0.3, -0.25) is 0 Å². The molecular formula is C13H12F3N3O. The summed E-state index contributed by atoms with van der Waals surface area (Å²) in [7, 11) is 0. The monoisotopic (exact) mass is 283 g/mol. The van der Waals surface area contributed by atoms with E-state index >= 15 is 0 Å². The molecule has 0 fully saturated rings. The van der Waals surface area contributed by atoms with E-state index < -0.39 is 17.5 Å². The van der Waals surface area contributed by atoms with Crippen molar-refractivity contribution >= 4 is 5.82 Å². The lowest BCUT2D eigenvalue weighted by atomic mass is 10.1. The van der Waals surface area contributed by atoms with Gasteiger partial charge in [-0.1, -0.05) is 0 Å². The largest absolute Gasteiger partial charge is 0.384 e. The molecule has 0 saturated heterocycles. The molecule has 2 rings (SSSR count). The number of hydrogen-bond donors (Lipinski definition) is 1. The Kier molecular flexibility index (Phi) is 4.19. The number of nitrogen functional groups attached to an aromatic ring is 1. The Labute approximate surface area is 113 Å². The first-order valence-electron chi connectivity index (χ1n) is 5.87. The van der Waals surface area contributed by atoms with Crippen molar-refractivity contribution in [2.45, 2.75) is 13.5 Å². The van der Waals surface area contributed by atoms with Crippen molar-refractivity contribution in [2.75, 3.05) is 12.3 Å². The average molecular weight is 283 g/mol. The van der Waals surface area contributed by atoms with Crippen LogP contribution in [0.1, 0.15) is 12.7 Å². The molecule has 2 N–H and O–H groups in total. The summed E-state index contributed by atoms with van der Waals surface area (Å²) in [4.78, 5) is 8.02. The van der Waals surface area contributed by atoms with Gasteiger partial charge in [-0.25, -0.2) is 23.1 Å². The Morgan fingerprint density at radius 2 is 1.75 bits per heavy atom. The topological polar surface area (TPSA) is 61.0 Å². The molecule has 4 nitrogen and oxygen atoms in total. The Morgan fingerprint density at radius 1 is 1.10 bits per heavy atom. The fourth-order valence-electron chi connectivity index (χ4n) is 1.63. The second kappa shape index (κ2) is 5.87. The van der Waals surface area contributed by atoms with Crippen LogP contribution in [0.4, 0.5) is 19.0 Å². The van der Waals surface area contributed by atoms with E-state index in [2.05, 4.69) is 9.97 Å². The zero-order valence-corrected chi connectivity index (χ0v) is 10.7. The van der Waals surface area contributed by atoms with Crippen molar-refractivity contribution in [3.8, 4) is 11.3 Å². The molecule has 0 spiro atoms. The smallest absolute Gasteiger partial charge is 0.194 e. The molecule has 0 atom stereocenters. The molecule has 1 aromatic heterocycles. The standard InChI is InChI=1S/C13H12F3N3O/c1-2-20-6-12-18-10(5-11(17)19-12)7-3-8(14)13(16)9(15)4-7/h3-5H,2,6H2,1H3,(H2,17,18,19). The van der Waals surface area contributed by atoms with E-state index in [1.807, 2.05) is 0 Å². The number of nitrogens with two attached hydrogens (primary N) is 1. The highest BCUT2D eigenvalue weighted by molar-refractivity contribution is 5.62. The predicted octanol–water partition coefficient (Wildman–Crippen LogP) is 2.68. The fourth-order valence-corrected chi connectivity index (χ4v) is 1.63. The molecule has 0 unspecified atom stereocenters. The molecule has 0 radical (unpaired) electrons. The minimum atomic E-state index is -1.52. The van der Waals surface area contributed by atoms with E-state index in [1.165, 1.54) is 6.07 Å². The number of nitrogens with zero attached hydrogens (tertiary/aromatic N) is 2. The zero-order valence-electron chi connectivity index (χ0n) is 10.7. The summed E-state index contributed by atoms with van der Waals surface area (Å²) < 4.78 is 44.5. The summed E-state index contributed by atoms with van der Waals surface area (Å²) in [6.45, 7) is 2.39. The van der Waals surface area contributed by atoms with Gasteiger partial charge in [-0.15, -0.1) is 0 Å². The third kappa shape index (κ3) is 3.05. The first-order chi connectivity index (χ1) is 9.51. The molecule has 2 aromatic rings. The van der Waals surface area contributed by atoms with E-state index in [4.69, 9.17) is 10.5 Å². The molecule has 0 aliphatic heterocycles. The Balaban J connectivity index is 2.44. The number of halogens is 3. The number of anilines is 1. The van der Waals surface area contributed by atoms with Crippen molar-refractivity contribution in [3.63, 3.8) is 0 Å². The maximum Gasteiger partial charge on any atom is 0.194 e. The normalized spacial score (nSPS) is 10.8. The highest BCUT2D eigenvalue weighted by atomic mass is 19.2. The van der Waals surface area contributed by atoms with Gasteiger partial charge in [-0.05, 0) is 19.1 Å². The molecule has 0 amide bonds. The number of ether oxygens (including phenoxy) is 1. The van der Waals surface area contributed by atoms with E-state index in [-0.39, 0.29) is 29.5 Å². The summed E-state index contributed by atoms with van der Waals surface area (Å²) in [5.41, 5.74) is 5.88. The quantitative estimate of drug-likeness (QED) is 0.876. The molecular weight excluding hydrogens is 271 g/mol. The molecule has 20 heavy (non-hydrogen) atoms. The van der Waals surface area contributed by atoms with E-state index in [1.54, 1.807) is 6.92 Å². The third-order valence-electron chi connectivity index (χ3n) is 2.51. The molecule has 1 heterocycles. The highest BCUT2D eigenvalue weighted by Crippen LogP contribution is 2.23. The van der Waals surface area contributed by atoms with Gasteiger partial charge in [0.25, 0.3) is 0 Å². The first-order valence-corrected chi connectivity index (χ1v) is 5.87. The summed E-state index contributed by atoms with van der Waals surface area (Å²) in [5.74, 6) is -3.68. The van der Waals surface area contributed by atoms with Crippen molar-refractivity contribution < 1.29 is 17.9 Å². The second-order valence-electron chi connectivity index (χ2n) is 3.99. The lowest BCUT2D eigenvalue weighted by Crippen LogP contribution is -2.04. The second-order valence-corrected chi connectivity index (χ2v) is 3.99. The average Bonchev–Trinajstić information content (AvgIpc) is 2.41. The number of aromatic nitrogens is 2. The summed E-state index contributed by atoms with van der Waals surface area (Å²) >= 11 is 0. The Morgan fingerprint density at radius 3 is 2.35 bits per heavy atom. The summed E-state index contributed by atoms with van der Waals surface area (Å²) in [6.07, 6.45) is 0. The van der Waals surface area contributed by atoms with E-state index in [0.717, 1.165) is 12.1 Å². The van der Waals surface area contributed by atoms with Crippen molar-refractivity contribution in [3.05, 3.63) is 41.5 Å². The van der Waals surface area contributed by atoms with Crippen LogP contribution in [-0.2, 0) is 11.3 Å². The van der Waals surface area contributed by atoms with Crippen LogP contribution in [0.15, 0.2) is 18.2 Å². The fraction of sp³-hybridized carbons (Fsp3) is 0.231. The minimum absolute atomic E-state index is 0.0771. The van der Waals surface area contributed by atoms with E-state index in [0.29, 0.717) is 6.61 Å². The van der Waals surface area contributed by atoms with Gasteiger partial charge in [0.1, 0.15) is 12.4 Å². The number of benzene rings is 1. The Bertz CT molecular complexity index is 611. The van der Waals surface area contributed by atoms with E-state index in [9.17, 15) is 13.2 Å². The SMILES string of the molecule is CCOCc1nc(N)cc(-c2cc(F)c(F)c(F)c2)n1. The highest BCUT2D eigenvalue weighted by Gasteiger charge is 2.13.